The van der Waals surface area contributed by atoms with E-state index in [-0.39, 0.29) is 6.10 Å². The fourth-order valence-corrected chi connectivity index (χ4v) is 10.4. The third-order valence-corrected chi connectivity index (χ3v) is 12.8. The van der Waals surface area contributed by atoms with Gasteiger partial charge in [-0.1, -0.05) is 101 Å². The molecule has 0 bridgehead atoms. The summed E-state index contributed by atoms with van der Waals surface area (Å²) in [6, 6.07) is 0. The van der Waals surface area contributed by atoms with Crippen molar-refractivity contribution in [3.63, 3.8) is 0 Å². The molecule has 0 aromatic carbocycles. The Morgan fingerprint density at radius 3 is 2.46 bits per heavy atom. The lowest BCUT2D eigenvalue weighted by molar-refractivity contribution is -0.0574. The normalized spacial score (nSPS) is 40.6. The molecule has 2 heteroatoms. The number of aliphatic hydroxyl groups is 1. The molecule has 3 saturated carbocycles. The van der Waals surface area contributed by atoms with Gasteiger partial charge in [0.2, 0.25) is 0 Å². The van der Waals surface area contributed by atoms with Crippen molar-refractivity contribution >= 4 is 22.6 Å². The highest BCUT2D eigenvalue weighted by Gasteiger charge is 2.59. The van der Waals surface area contributed by atoms with E-state index in [1.54, 1.807) is 5.57 Å². The lowest BCUT2D eigenvalue weighted by Gasteiger charge is -2.59. The number of aliphatic hydroxyl groups excluding tert-OH is 1. The summed E-state index contributed by atoms with van der Waals surface area (Å²) in [5.41, 5.74) is 2.76. The van der Waals surface area contributed by atoms with E-state index >= 15 is 0 Å². The molecule has 1 nitrogen and oxygen atoms in total. The van der Waals surface area contributed by atoms with Gasteiger partial charge in [-0.25, -0.2) is 0 Å². The van der Waals surface area contributed by atoms with Crippen LogP contribution in [0.15, 0.2) is 11.6 Å². The minimum absolute atomic E-state index is 0.0743. The Hall–Kier alpha value is 0.430. The van der Waals surface area contributed by atoms with Crippen LogP contribution >= 0.6 is 22.6 Å². The monoisotopic (exact) mass is 596 g/mol. The van der Waals surface area contributed by atoms with Gasteiger partial charge in [-0.15, -0.1) is 0 Å². The predicted molar refractivity (Wildman–Crippen MR) is 160 cm³/mol. The second-order valence-electron chi connectivity index (χ2n) is 14.4. The number of allylic oxidation sites excluding steroid dienone is 2. The molecule has 0 saturated heterocycles. The topological polar surface area (TPSA) is 20.2 Å². The lowest BCUT2D eigenvalue weighted by atomic mass is 9.46. The molecule has 4 aliphatic rings. The molecule has 3 fully saturated rings. The second-order valence-corrected chi connectivity index (χ2v) is 15.5. The second kappa shape index (κ2) is 12.1. The van der Waals surface area contributed by atoms with Crippen molar-refractivity contribution in [2.45, 2.75) is 137 Å². The van der Waals surface area contributed by atoms with Gasteiger partial charge >= 0.3 is 0 Å². The Balaban J connectivity index is 1.39. The van der Waals surface area contributed by atoms with Crippen molar-refractivity contribution in [2.75, 3.05) is 4.43 Å². The first kappa shape index (κ1) is 28.4. The molecular formula is C33H57IO. The number of fused-ring (bicyclic) bond motifs is 5. The quantitative estimate of drug-likeness (QED) is 0.109. The number of hydrogen-bond acceptors (Lipinski definition) is 1. The predicted octanol–water partition coefficient (Wildman–Crippen LogP) is 10.0. The number of hydrogen-bond donors (Lipinski definition) is 1. The Morgan fingerprint density at radius 2 is 1.71 bits per heavy atom. The molecule has 4 rings (SSSR count). The van der Waals surface area contributed by atoms with E-state index in [9.17, 15) is 5.11 Å². The summed E-state index contributed by atoms with van der Waals surface area (Å²) >= 11 is 2.48. The Bertz CT molecular complexity index is 714. The van der Waals surface area contributed by atoms with Crippen LogP contribution in [0.4, 0.5) is 0 Å². The summed E-state index contributed by atoms with van der Waals surface area (Å²) in [6.07, 6.45) is 22.8. The third kappa shape index (κ3) is 5.89. The molecule has 0 amide bonds. The standard InChI is InChI=1S/C33H57IO/c1-23(2)10-9-11-24(3)28-15-16-29-27-14-13-26-22-25(31(35)12-7-6-8-21-34)17-19-32(26,4)30(27)18-20-33(28,29)5/h13,23-25,27-31,35H,6-12,14-22H2,1-5H3/t24-,25+,27?,28-,29?,30?,31?,32+,33-/m1/s1. The highest BCUT2D eigenvalue weighted by atomic mass is 127. The summed E-state index contributed by atoms with van der Waals surface area (Å²) in [5.74, 6) is 6.00. The van der Waals surface area contributed by atoms with Gasteiger partial charge in [-0.2, -0.15) is 0 Å². The first-order valence-electron chi connectivity index (χ1n) is 15.6. The zero-order valence-electron chi connectivity index (χ0n) is 23.8. The molecule has 9 atom stereocenters. The first-order chi connectivity index (χ1) is 16.7. The van der Waals surface area contributed by atoms with Crippen LogP contribution < -0.4 is 0 Å². The van der Waals surface area contributed by atoms with Gasteiger partial charge in [-0.3, -0.25) is 0 Å². The summed E-state index contributed by atoms with van der Waals surface area (Å²) in [5, 5.41) is 11.0. The number of unbranched alkanes of at least 4 members (excludes halogenated alkanes) is 2. The minimum Gasteiger partial charge on any atom is -0.393 e. The van der Waals surface area contributed by atoms with Gasteiger partial charge in [0.1, 0.15) is 0 Å². The van der Waals surface area contributed by atoms with Crippen molar-refractivity contribution in [1.29, 1.82) is 0 Å². The smallest absolute Gasteiger partial charge is 0.0571 e. The summed E-state index contributed by atoms with van der Waals surface area (Å²) in [6.45, 7) is 12.7. The van der Waals surface area contributed by atoms with Gasteiger partial charge in [0.15, 0.2) is 0 Å². The highest BCUT2D eigenvalue weighted by molar-refractivity contribution is 14.1. The van der Waals surface area contributed by atoms with Crippen LogP contribution in [0, 0.1) is 52.3 Å². The van der Waals surface area contributed by atoms with Gasteiger partial charge in [0.05, 0.1) is 6.10 Å². The molecule has 35 heavy (non-hydrogen) atoms. The molecule has 4 aliphatic carbocycles. The molecule has 0 radical (unpaired) electrons. The van der Waals surface area contributed by atoms with Crippen molar-refractivity contribution < 1.29 is 5.11 Å². The molecule has 1 N–H and O–H groups in total. The van der Waals surface area contributed by atoms with Crippen molar-refractivity contribution in [3.8, 4) is 0 Å². The van der Waals surface area contributed by atoms with Crippen LogP contribution in [0.3, 0.4) is 0 Å². The van der Waals surface area contributed by atoms with E-state index in [0.29, 0.717) is 16.7 Å². The molecule has 0 spiro atoms. The average molecular weight is 597 g/mol. The number of rotatable bonds is 11. The molecular weight excluding hydrogens is 539 g/mol. The summed E-state index contributed by atoms with van der Waals surface area (Å²) in [7, 11) is 0. The van der Waals surface area contributed by atoms with Crippen molar-refractivity contribution in [1.82, 2.24) is 0 Å². The summed E-state index contributed by atoms with van der Waals surface area (Å²) in [4.78, 5) is 0. The van der Waals surface area contributed by atoms with Crippen LogP contribution in [0.1, 0.15) is 131 Å². The van der Waals surface area contributed by atoms with Crippen molar-refractivity contribution in [3.05, 3.63) is 11.6 Å². The van der Waals surface area contributed by atoms with Crippen LogP contribution in [-0.2, 0) is 0 Å². The third-order valence-electron chi connectivity index (χ3n) is 12.0. The lowest BCUT2D eigenvalue weighted by Crippen LogP contribution is -2.51. The van der Waals surface area contributed by atoms with Gasteiger partial charge in [-0.05, 0) is 121 Å². The van der Waals surface area contributed by atoms with Crippen LogP contribution in [-0.4, -0.2) is 15.6 Å². The van der Waals surface area contributed by atoms with Gasteiger partial charge < -0.3 is 5.11 Å². The Kier molecular flexibility index (Phi) is 9.82. The van der Waals surface area contributed by atoms with E-state index in [1.165, 1.54) is 94.3 Å². The first-order valence-corrected chi connectivity index (χ1v) is 17.2. The van der Waals surface area contributed by atoms with Gasteiger partial charge in [0, 0.05) is 0 Å². The largest absolute Gasteiger partial charge is 0.393 e. The number of halogens is 1. The SMILES string of the molecule is CC(C)CCC[C@@H](C)[C@H]1CCC2C3CC=C4C[C@@H](C(O)CCCCCI)CC[C@]4(C)C3CC[C@@]21C. The Labute approximate surface area is 232 Å². The molecule has 0 aliphatic heterocycles. The molecule has 4 unspecified atom stereocenters. The summed E-state index contributed by atoms with van der Waals surface area (Å²) < 4.78 is 1.25. The molecule has 0 aromatic heterocycles. The zero-order valence-corrected chi connectivity index (χ0v) is 26.0. The maximum Gasteiger partial charge on any atom is 0.0571 e. The maximum absolute atomic E-state index is 11.0. The van der Waals surface area contributed by atoms with E-state index in [4.69, 9.17) is 0 Å². The minimum atomic E-state index is -0.0743. The van der Waals surface area contributed by atoms with Crippen LogP contribution in [0.2, 0.25) is 0 Å². The highest BCUT2D eigenvalue weighted by Crippen LogP contribution is 2.67. The van der Waals surface area contributed by atoms with Gasteiger partial charge in [0.25, 0.3) is 0 Å². The average Bonchev–Trinajstić information content (AvgIpc) is 3.18. The fourth-order valence-electron chi connectivity index (χ4n) is 9.90. The fraction of sp³-hybridized carbons (Fsp3) is 0.939. The molecule has 0 aromatic rings. The van der Waals surface area contributed by atoms with E-state index in [0.717, 1.165) is 41.9 Å². The van der Waals surface area contributed by atoms with Crippen LogP contribution in [0.5, 0.6) is 0 Å². The molecule has 202 valence electrons. The van der Waals surface area contributed by atoms with E-state index < -0.39 is 0 Å². The maximum atomic E-state index is 11.0. The Morgan fingerprint density at radius 1 is 0.914 bits per heavy atom. The van der Waals surface area contributed by atoms with E-state index in [1.807, 2.05) is 0 Å². The van der Waals surface area contributed by atoms with Crippen LogP contribution in [0.25, 0.3) is 0 Å². The molecule has 0 heterocycles. The van der Waals surface area contributed by atoms with E-state index in [2.05, 4.69) is 63.3 Å². The zero-order chi connectivity index (χ0) is 25.2. The number of alkyl halides is 1. The van der Waals surface area contributed by atoms with Crippen molar-refractivity contribution in [2.24, 2.45) is 52.3 Å².